The van der Waals surface area contributed by atoms with Gasteiger partial charge >= 0.3 is 0 Å². The zero-order chi connectivity index (χ0) is 15.5. The van der Waals surface area contributed by atoms with Crippen LogP contribution in [0.5, 0.6) is 0 Å². The second-order valence-electron chi connectivity index (χ2n) is 6.12. The number of sulfonamides is 1. The van der Waals surface area contributed by atoms with Crippen LogP contribution in [0.15, 0.2) is 16.3 Å². The van der Waals surface area contributed by atoms with E-state index in [1.54, 1.807) is 15.8 Å². The van der Waals surface area contributed by atoms with Gasteiger partial charge in [-0.2, -0.15) is 4.31 Å². The zero-order valence-electron chi connectivity index (χ0n) is 12.7. The van der Waals surface area contributed by atoms with Gasteiger partial charge in [-0.3, -0.25) is 0 Å². The smallest absolute Gasteiger partial charge is 0.207 e. The fourth-order valence-electron chi connectivity index (χ4n) is 2.78. The summed E-state index contributed by atoms with van der Waals surface area (Å²) in [7, 11) is -3.38. The van der Waals surface area contributed by atoms with Gasteiger partial charge in [0.1, 0.15) is 0 Å². The molecule has 0 bridgehead atoms. The predicted molar refractivity (Wildman–Crippen MR) is 89.5 cm³/mol. The first kappa shape index (κ1) is 17.3. The van der Waals surface area contributed by atoms with E-state index in [0.29, 0.717) is 23.2 Å². The van der Waals surface area contributed by atoms with Crippen LogP contribution >= 0.6 is 22.9 Å². The molecule has 6 heteroatoms. The van der Waals surface area contributed by atoms with Crippen molar-refractivity contribution in [2.24, 2.45) is 5.92 Å². The molecule has 0 aromatic carbocycles. The highest BCUT2D eigenvalue weighted by atomic mass is 35.5. The van der Waals surface area contributed by atoms with Gasteiger partial charge in [-0.15, -0.1) is 22.9 Å². The summed E-state index contributed by atoms with van der Waals surface area (Å²) in [6.07, 6.45) is 5.15. The van der Waals surface area contributed by atoms with E-state index < -0.39 is 10.0 Å². The predicted octanol–water partition coefficient (Wildman–Crippen LogP) is 4.47. The molecule has 120 valence electrons. The van der Waals surface area contributed by atoms with Gasteiger partial charge in [0.05, 0.1) is 10.8 Å². The Labute approximate surface area is 137 Å². The highest BCUT2D eigenvalue weighted by Gasteiger charge is 2.33. The standard InChI is InChI=1S/C15H24ClNO2S2/c1-12(2)7-8-17(13-5-3-4-6-13)21(18,19)15-9-14(10-16)20-11-15/h9,11-13H,3-8,10H2,1-2H3. The van der Waals surface area contributed by atoms with Gasteiger partial charge in [-0.1, -0.05) is 26.7 Å². The molecule has 0 radical (unpaired) electrons. The first-order valence-corrected chi connectivity index (χ1v) is 10.5. The number of hydrogen-bond donors (Lipinski definition) is 0. The Kier molecular flexibility index (Phi) is 6.12. The molecule has 0 atom stereocenters. The summed E-state index contributed by atoms with van der Waals surface area (Å²) in [5, 5.41) is 1.73. The molecule has 1 saturated carbocycles. The van der Waals surface area contributed by atoms with Gasteiger partial charge < -0.3 is 0 Å². The summed E-state index contributed by atoms with van der Waals surface area (Å²) in [4.78, 5) is 1.32. The van der Waals surface area contributed by atoms with Crippen molar-refractivity contribution in [3.63, 3.8) is 0 Å². The van der Waals surface area contributed by atoms with Crippen LogP contribution < -0.4 is 0 Å². The molecule has 3 nitrogen and oxygen atoms in total. The molecule has 0 N–H and O–H groups in total. The van der Waals surface area contributed by atoms with Crippen LogP contribution in [-0.4, -0.2) is 25.3 Å². The average Bonchev–Trinajstić information content (AvgIpc) is 3.09. The molecule has 0 aliphatic heterocycles. The van der Waals surface area contributed by atoms with Crippen LogP contribution in [0.25, 0.3) is 0 Å². The van der Waals surface area contributed by atoms with Crippen molar-refractivity contribution >= 4 is 33.0 Å². The number of alkyl halides is 1. The van der Waals surface area contributed by atoms with E-state index in [1.165, 1.54) is 11.3 Å². The van der Waals surface area contributed by atoms with E-state index in [-0.39, 0.29) is 6.04 Å². The molecule has 1 aromatic rings. The molecule has 0 amide bonds. The Morgan fingerprint density at radius 3 is 2.57 bits per heavy atom. The van der Waals surface area contributed by atoms with Crippen LogP contribution in [-0.2, 0) is 15.9 Å². The fourth-order valence-corrected chi connectivity index (χ4v) is 5.85. The lowest BCUT2D eigenvalue weighted by atomic mass is 10.1. The SMILES string of the molecule is CC(C)CCN(C1CCCC1)S(=O)(=O)c1csc(CCl)c1. The largest absolute Gasteiger partial charge is 0.244 e. The topological polar surface area (TPSA) is 37.4 Å². The van der Waals surface area contributed by atoms with Crippen molar-refractivity contribution in [1.82, 2.24) is 4.31 Å². The van der Waals surface area contributed by atoms with Gasteiger partial charge in [0, 0.05) is 22.8 Å². The lowest BCUT2D eigenvalue weighted by Gasteiger charge is -2.28. The Bertz CT molecular complexity index is 548. The first-order valence-electron chi connectivity index (χ1n) is 7.60. The van der Waals surface area contributed by atoms with E-state index >= 15 is 0 Å². The highest BCUT2D eigenvalue weighted by molar-refractivity contribution is 7.89. The number of thiophene rings is 1. The summed E-state index contributed by atoms with van der Waals surface area (Å²) in [6, 6.07) is 1.90. The van der Waals surface area contributed by atoms with E-state index in [4.69, 9.17) is 11.6 Å². The van der Waals surface area contributed by atoms with E-state index in [0.717, 1.165) is 37.0 Å². The maximum absolute atomic E-state index is 13.0. The van der Waals surface area contributed by atoms with Crippen molar-refractivity contribution in [2.45, 2.75) is 62.8 Å². The van der Waals surface area contributed by atoms with Gasteiger partial charge in [-0.05, 0) is 31.2 Å². The molecule has 0 spiro atoms. The van der Waals surface area contributed by atoms with Crippen molar-refractivity contribution in [3.05, 3.63) is 16.3 Å². The molecule has 1 fully saturated rings. The Morgan fingerprint density at radius 1 is 1.38 bits per heavy atom. The molecule has 1 heterocycles. The number of halogens is 1. The van der Waals surface area contributed by atoms with Gasteiger partial charge in [0.2, 0.25) is 10.0 Å². The second kappa shape index (κ2) is 7.44. The molecule has 0 saturated heterocycles. The molecular formula is C15H24ClNO2S2. The average molecular weight is 350 g/mol. The van der Waals surface area contributed by atoms with Gasteiger partial charge in [0.15, 0.2) is 0 Å². The summed E-state index contributed by atoms with van der Waals surface area (Å²) >= 11 is 7.22. The molecule has 1 aromatic heterocycles. The summed E-state index contributed by atoms with van der Waals surface area (Å²) in [5.41, 5.74) is 0. The van der Waals surface area contributed by atoms with Gasteiger partial charge in [-0.25, -0.2) is 8.42 Å². The van der Waals surface area contributed by atoms with Gasteiger partial charge in [0.25, 0.3) is 0 Å². The van der Waals surface area contributed by atoms with Crippen molar-refractivity contribution in [1.29, 1.82) is 0 Å². The number of rotatable bonds is 7. The van der Waals surface area contributed by atoms with Crippen LogP contribution in [0.4, 0.5) is 0 Å². The maximum atomic E-state index is 13.0. The van der Waals surface area contributed by atoms with Crippen LogP contribution in [0, 0.1) is 5.92 Å². The molecule has 0 unspecified atom stereocenters. The lowest BCUT2D eigenvalue weighted by molar-refractivity contribution is 0.304. The van der Waals surface area contributed by atoms with Crippen LogP contribution in [0.2, 0.25) is 0 Å². The maximum Gasteiger partial charge on any atom is 0.244 e. The minimum Gasteiger partial charge on any atom is -0.207 e. The van der Waals surface area contributed by atoms with E-state index in [9.17, 15) is 8.42 Å². The molecule has 2 rings (SSSR count). The number of hydrogen-bond acceptors (Lipinski definition) is 3. The lowest BCUT2D eigenvalue weighted by Crippen LogP contribution is -2.39. The quantitative estimate of drug-likeness (QED) is 0.681. The normalized spacial score (nSPS) is 17.2. The summed E-state index contributed by atoms with van der Waals surface area (Å²) < 4.78 is 27.7. The van der Waals surface area contributed by atoms with Crippen molar-refractivity contribution in [2.75, 3.05) is 6.54 Å². The zero-order valence-corrected chi connectivity index (χ0v) is 15.1. The third-order valence-corrected chi connectivity index (χ3v) is 7.49. The molecule has 21 heavy (non-hydrogen) atoms. The van der Waals surface area contributed by atoms with Crippen LogP contribution in [0.1, 0.15) is 50.8 Å². The van der Waals surface area contributed by atoms with E-state index in [2.05, 4.69) is 13.8 Å². The Morgan fingerprint density at radius 2 is 2.05 bits per heavy atom. The first-order chi connectivity index (χ1) is 9.95. The molecule has 1 aliphatic carbocycles. The fraction of sp³-hybridized carbons (Fsp3) is 0.733. The monoisotopic (exact) mass is 349 g/mol. The van der Waals surface area contributed by atoms with E-state index in [1.807, 2.05) is 0 Å². The molecule has 1 aliphatic rings. The second-order valence-corrected chi connectivity index (χ2v) is 9.27. The highest BCUT2D eigenvalue weighted by Crippen LogP contribution is 2.31. The van der Waals surface area contributed by atoms with Crippen LogP contribution in [0.3, 0.4) is 0 Å². The van der Waals surface area contributed by atoms with Crippen molar-refractivity contribution in [3.8, 4) is 0 Å². The summed E-state index contributed by atoms with van der Waals surface area (Å²) in [5.74, 6) is 0.875. The minimum atomic E-state index is -3.38. The summed E-state index contributed by atoms with van der Waals surface area (Å²) in [6.45, 7) is 4.89. The minimum absolute atomic E-state index is 0.174. The Hall–Kier alpha value is -0.100. The molecular weight excluding hydrogens is 326 g/mol. The van der Waals surface area contributed by atoms with Crippen molar-refractivity contribution < 1.29 is 8.42 Å². The Balaban J connectivity index is 2.24. The third-order valence-electron chi connectivity index (χ3n) is 4.03. The number of nitrogens with zero attached hydrogens (tertiary/aromatic N) is 1. The third kappa shape index (κ3) is 4.21.